The first-order valence-corrected chi connectivity index (χ1v) is 9.70. The van der Waals surface area contributed by atoms with Crippen LogP contribution < -0.4 is 10.2 Å². The fraction of sp³-hybridized carbons (Fsp3) is 0.667. The average Bonchev–Trinajstić information content (AvgIpc) is 2.74. The molecule has 1 aliphatic rings. The van der Waals surface area contributed by atoms with Gasteiger partial charge in [0.25, 0.3) is 0 Å². The molecule has 150 valence electrons. The van der Waals surface area contributed by atoms with Crippen LogP contribution in [0.1, 0.15) is 67.7 Å². The summed E-state index contributed by atoms with van der Waals surface area (Å²) in [4.78, 5) is 11.7. The van der Waals surface area contributed by atoms with Crippen molar-refractivity contribution in [3.05, 3.63) is 24.3 Å². The van der Waals surface area contributed by atoms with Crippen molar-refractivity contribution in [1.82, 2.24) is 0 Å². The Morgan fingerprint density at radius 2 is 1.70 bits per heavy atom. The van der Waals surface area contributed by atoms with Crippen molar-refractivity contribution in [3.63, 3.8) is 0 Å². The molecule has 0 bridgehead atoms. The van der Waals surface area contributed by atoms with Crippen LogP contribution in [0.15, 0.2) is 24.3 Å². The summed E-state index contributed by atoms with van der Waals surface area (Å²) < 4.78 is 23.3. The van der Waals surface area contributed by atoms with Gasteiger partial charge in [-0.3, -0.25) is 4.79 Å². The van der Waals surface area contributed by atoms with Gasteiger partial charge in [-0.05, 0) is 78.9 Å². The molecule has 0 aliphatic carbocycles. The second-order valence-electron chi connectivity index (χ2n) is 9.05. The number of esters is 1. The van der Waals surface area contributed by atoms with E-state index in [1.807, 2.05) is 72.7 Å². The molecule has 1 fully saturated rings. The van der Waals surface area contributed by atoms with Crippen molar-refractivity contribution in [1.29, 1.82) is 0 Å². The van der Waals surface area contributed by atoms with Crippen molar-refractivity contribution in [2.45, 2.75) is 84.5 Å². The number of unbranched alkanes of at least 4 members (excludes halogenated alkanes) is 1. The molecule has 0 atom stereocenters. The van der Waals surface area contributed by atoms with Gasteiger partial charge >= 0.3 is 13.1 Å². The fourth-order valence-electron chi connectivity index (χ4n) is 2.68. The number of carbonyl (C=O) groups excluding carboxylic acids is 1. The summed E-state index contributed by atoms with van der Waals surface area (Å²) in [5.41, 5.74) is -0.214. The van der Waals surface area contributed by atoms with Crippen LogP contribution in [0.3, 0.4) is 0 Å². The second-order valence-corrected chi connectivity index (χ2v) is 9.05. The summed E-state index contributed by atoms with van der Waals surface area (Å²) >= 11 is 0. The van der Waals surface area contributed by atoms with E-state index in [4.69, 9.17) is 18.8 Å². The lowest BCUT2D eigenvalue weighted by Crippen LogP contribution is -2.41. The van der Waals surface area contributed by atoms with Gasteiger partial charge in [-0.1, -0.05) is 12.1 Å². The molecule has 0 aromatic heterocycles. The molecule has 1 heterocycles. The summed E-state index contributed by atoms with van der Waals surface area (Å²) in [6, 6.07) is 7.80. The third kappa shape index (κ3) is 6.25. The number of hydrogen-bond acceptors (Lipinski definition) is 5. The molecule has 1 aromatic carbocycles. The highest BCUT2D eigenvalue weighted by Gasteiger charge is 2.51. The molecule has 0 amide bonds. The Labute approximate surface area is 163 Å². The normalized spacial score (nSPS) is 18.4. The number of ether oxygens (including phenoxy) is 2. The van der Waals surface area contributed by atoms with E-state index in [-0.39, 0.29) is 17.2 Å². The first-order valence-electron chi connectivity index (χ1n) is 9.70. The first-order chi connectivity index (χ1) is 12.4. The van der Waals surface area contributed by atoms with E-state index in [2.05, 4.69) is 0 Å². The number of benzene rings is 1. The van der Waals surface area contributed by atoms with Gasteiger partial charge in [0.05, 0.1) is 17.8 Å². The Hall–Kier alpha value is -1.53. The fourth-order valence-corrected chi connectivity index (χ4v) is 2.68. The van der Waals surface area contributed by atoms with Crippen LogP contribution in [-0.4, -0.2) is 36.5 Å². The quantitative estimate of drug-likeness (QED) is 0.411. The predicted octanol–water partition coefficient (Wildman–Crippen LogP) is 3.88. The van der Waals surface area contributed by atoms with E-state index in [9.17, 15) is 4.79 Å². The van der Waals surface area contributed by atoms with Crippen LogP contribution >= 0.6 is 0 Å². The Bertz CT molecular complexity index is 632. The molecule has 1 aromatic rings. The molecular weight excluding hydrogens is 343 g/mol. The first kappa shape index (κ1) is 21.8. The smallest absolute Gasteiger partial charge is 0.494 e. The highest BCUT2D eigenvalue weighted by atomic mass is 16.7. The van der Waals surface area contributed by atoms with Crippen molar-refractivity contribution in [2.24, 2.45) is 0 Å². The van der Waals surface area contributed by atoms with Crippen molar-refractivity contribution >= 4 is 18.6 Å². The zero-order valence-electron chi connectivity index (χ0n) is 17.8. The average molecular weight is 376 g/mol. The highest BCUT2D eigenvalue weighted by Crippen LogP contribution is 2.36. The lowest BCUT2D eigenvalue weighted by Gasteiger charge is -2.32. The van der Waals surface area contributed by atoms with Crippen LogP contribution in [0.5, 0.6) is 5.75 Å². The van der Waals surface area contributed by atoms with Gasteiger partial charge in [-0.2, -0.15) is 0 Å². The largest absolute Gasteiger partial charge is 0.494 e. The second kappa shape index (κ2) is 8.23. The van der Waals surface area contributed by atoms with E-state index in [0.717, 1.165) is 24.1 Å². The van der Waals surface area contributed by atoms with Crippen LogP contribution in [0.4, 0.5) is 0 Å². The van der Waals surface area contributed by atoms with Gasteiger partial charge in [0.15, 0.2) is 0 Å². The molecule has 0 N–H and O–H groups in total. The predicted molar refractivity (Wildman–Crippen MR) is 107 cm³/mol. The van der Waals surface area contributed by atoms with Gasteiger partial charge in [0, 0.05) is 6.42 Å². The zero-order chi connectivity index (χ0) is 20.3. The van der Waals surface area contributed by atoms with Crippen molar-refractivity contribution < 1.29 is 23.6 Å². The van der Waals surface area contributed by atoms with E-state index in [1.54, 1.807) is 0 Å². The highest BCUT2D eigenvalue weighted by molar-refractivity contribution is 6.62. The van der Waals surface area contributed by atoms with Crippen LogP contribution in [0.2, 0.25) is 0 Å². The van der Waals surface area contributed by atoms with E-state index in [1.165, 1.54) is 0 Å². The van der Waals surface area contributed by atoms with E-state index >= 15 is 0 Å². The minimum Gasteiger partial charge on any atom is -0.494 e. The Kier molecular flexibility index (Phi) is 6.64. The topological polar surface area (TPSA) is 54.0 Å². The van der Waals surface area contributed by atoms with Crippen LogP contribution in [-0.2, 0) is 18.8 Å². The molecule has 0 spiro atoms. The van der Waals surface area contributed by atoms with Gasteiger partial charge in [0.1, 0.15) is 11.4 Å². The Morgan fingerprint density at radius 3 is 2.30 bits per heavy atom. The third-order valence-corrected chi connectivity index (χ3v) is 4.85. The lowest BCUT2D eigenvalue weighted by atomic mass is 9.79. The molecule has 0 saturated carbocycles. The molecule has 0 unspecified atom stereocenters. The van der Waals surface area contributed by atoms with Crippen LogP contribution in [0, 0.1) is 0 Å². The monoisotopic (exact) mass is 376 g/mol. The number of hydrogen-bond donors (Lipinski definition) is 0. The summed E-state index contributed by atoms with van der Waals surface area (Å²) in [7, 11) is -0.397. The number of carbonyl (C=O) groups is 1. The van der Waals surface area contributed by atoms with E-state index < -0.39 is 12.7 Å². The Morgan fingerprint density at radius 1 is 1.07 bits per heavy atom. The van der Waals surface area contributed by atoms with E-state index in [0.29, 0.717) is 13.0 Å². The zero-order valence-corrected chi connectivity index (χ0v) is 17.8. The van der Waals surface area contributed by atoms with Crippen LogP contribution in [0.25, 0.3) is 0 Å². The molecule has 6 heteroatoms. The molecule has 5 nitrogen and oxygen atoms in total. The molecule has 0 radical (unpaired) electrons. The van der Waals surface area contributed by atoms with Gasteiger partial charge in [-0.15, -0.1) is 0 Å². The Balaban J connectivity index is 1.79. The molecule has 1 aliphatic heterocycles. The standard InChI is InChI=1S/C21H33BO5/c1-19(2,3)25-18(23)13-8-9-14-24-17-12-10-11-16(15-17)22-26-20(4,5)21(6,7)27-22/h10-12,15H,8-9,13-14H2,1-7H3. The maximum absolute atomic E-state index is 11.7. The molecular formula is C21H33BO5. The minimum atomic E-state index is -0.429. The SMILES string of the molecule is CC(C)(C)OC(=O)CCCCOc1cccc(B2OC(C)(C)C(C)(C)O2)c1. The van der Waals surface area contributed by atoms with Crippen molar-refractivity contribution in [2.75, 3.05) is 6.61 Å². The minimum absolute atomic E-state index is 0.162. The summed E-state index contributed by atoms with van der Waals surface area (Å²) in [6.07, 6.45) is 1.94. The maximum Gasteiger partial charge on any atom is 0.494 e. The molecule has 27 heavy (non-hydrogen) atoms. The summed E-state index contributed by atoms with van der Waals surface area (Å²) in [5, 5.41) is 0. The molecule has 2 rings (SSSR count). The third-order valence-electron chi connectivity index (χ3n) is 4.85. The lowest BCUT2D eigenvalue weighted by molar-refractivity contribution is -0.154. The summed E-state index contributed by atoms with van der Waals surface area (Å²) in [6.45, 7) is 14.3. The van der Waals surface area contributed by atoms with Gasteiger partial charge in [0.2, 0.25) is 0 Å². The van der Waals surface area contributed by atoms with Crippen molar-refractivity contribution in [3.8, 4) is 5.75 Å². The summed E-state index contributed by atoms with van der Waals surface area (Å²) in [5.74, 6) is 0.615. The number of rotatable bonds is 7. The maximum atomic E-state index is 11.7. The molecule has 1 saturated heterocycles. The van der Waals surface area contributed by atoms with Gasteiger partial charge < -0.3 is 18.8 Å². The van der Waals surface area contributed by atoms with Gasteiger partial charge in [-0.25, -0.2) is 0 Å².